The highest BCUT2D eigenvalue weighted by molar-refractivity contribution is 6.06. The van der Waals surface area contributed by atoms with E-state index >= 15 is 0 Å². The van der Waals surface area contributed by atoms with E-state index in [1.165, 1.54) is 0 Å². The number of methoxy groups -OCH3 is 1. The Hall–Kier alpha value is -7.57. The van der Waals surface area contributed by atoms with Gasteiger partial charge < -0.3 is 49.8 Å². The van der Waals surface area contributed by atoms with Crippen LogP contribution in [0.1, 0.15) is 49.6 Å². The van der Waals surface area contributed by atoms with Gasteiger partial charge in [-0.15, -0.1) is 0 Å². The molecule has 2 fully saturated rings. The Morgan fingerprint density at radius 3 is 2.53 bits per heavy atom. The summed E-state index contributed by atoms with van der Waals surface area (Å²) in [5, 5.41) is 16.3. The van der Waals surface area contributed by atoms with Crippen LogP contribution in [-0.2, 0) is 18.4 Å². The molecule has 10 rings (SSSR count). The first-order valence-electron chi connectivity index (χ1n) is 24.0. The van der Waals surface area contributed by atoms with Crippen LogP contribution in [0, 0.1) is 6.92 Å². The number of aromatic amines is 1. The molecule has 2 aliphatic rings. The number of fused-ring (bicyclic) bond motifs is 3. The maximum Gasteiger partial charge on any atom is 0.252 e. The van der Waals surface area contributed by atoms with Crippen molar-refractivity contribution < 1.29 is 9.53 Å². The first-order chi connectivity index (χ1) is 33.8. The summed E-state index contributed by atoms with van der Waals surface area (Å²) < 4.78 is 9.91. The van der Waals surface area contributed by atoms with E-state index in [9.17, 15) is 4.79 Å². The van der Waals surface area contributed by atoms with E-state index in [-0.39, 0.29) is 31.1 Å². The second kappa shape index (κ2) is 19.1. The predicted molar refractivity (Wildman–Crippen MR) is 279 cm³/mol. The number of rotatable bonds is 17. The second-order valence-electron chi connectivity index (χ2n) is 19.3. The number of H-pyrrole nitrogens is 1. The highest BCUT2D eigenvalue weighted by atomic mass is 16.5. The number of carbonyl (C=O) groups excluding carboxylic acids is 1. The van der Waals surface area contributed by atoms with Gasteiger partial charge in [-0.25, -0.2) is 15.0 Å². The molecule has 3 aromatic carbocycles. The average molecular weight is 943 g/mol. The zero-order valence-electron chi connectivity index (χ0n) is 41.3. The minimum atomic E-state index is -0.368. The molecule has 1 aliphatic carbocycles. The molecule has 5 aromatic heterocycles. The minimum absolute atomic E-state index is 0.0995. The van der Waals surface area contributed by atoms with Crippen LogP contribution >= 0.6 is 0 Å². The van der Waals surface area contributed by atoms with Crippen LogP contribution in [0.3, 0.4) is 0 Å². The lowest BCUT2D eigenvalue weighted by Crippen LogP contribution is -2.54. The Labute approximate surface area is 407 Å². The molecule has 1 saturated carbocycles. The van der Waals surface area contributed by atoms with Crippen molar-refractivity contribution in [2.75, 3.05) is 86.3 Å². The molecule has 362 valence electrons. The second-order valence-corrected chi connectivity index (χ2v) is 19.3. The van der Waals surface area contributed by atoms with Crippen LogP contribution in [0.4, 0.5) is 34.9 Å². The number of piperazine rings is 1. The van der Waals surface area contributed by atoms with E-state index < -0.39 is 0 Å². The zero-order valence-corrected chi connectivity index (χ0v) is 41.3. The van der Waals surface area contributed by atoms with Gasteiger partial charge in [-0.2, -0.15) is 19.6 Å². The van der Waals surface area contributed by atoms with Crippen LogP contribution in [0.15, 0.2) is 91.4 Å². The van der Waals surface area contributed by atoms with Crippen LogP contribution in [0.5, 0.6) is 5.75 Å². The Kier molecular flexibility index (Phi) is 12.6. The summed E-state index contributed by atoms with van der Waals surface area (Å²) in [5.41, 5.74) is 9.84. The molecule has 18 nitrogen and oxygen atoms in total. The van der Waals surface area contributed by atoms with E-state index in [4.69, 9.17) is 29.8 Å². The molecule has 18 heteroatoms. The number of hydrogen-bond acceptors (Lipinski definition) is 14. The topological polar surface area (TPSA) is 178 Å². The number of carbonyl (C=O) groups is 1. The summed E-state index contributed by atoms with van der Waals surface area (Å²) >= 11 is 0. The fraction of sp³-hybridized carbons (Fsp3) is 0.365. The molecule has 1 amide bonds. The van der Waals surface area contributed by atoms with Crippen molar-refractivity contribution >= 4 is 68.4 Å². The molecular weight excluding hydrogens is 881 g/mol. The normalized spacial score (nSPS) is 16.1. The summed E-state index contributed by atoms with van der Waals surface area (Å²) in [6.45, 7) is 14.2. The summed E-state index contributed by atoms with van der Waals surface area (Å²) in [7, 11) is 9.73. The average Bonchev–Trinajstić information content (AvgIpc) is 3.82. The van der Waals surface area contributed by atoms with Crippen LogP contribution in [-0.4, -0.2) is 128 Å². The number of imidazole rings is 1. The standard InChI is InChI=1S/C52H62N16O2/c1-31-14-17-40-41(22-31)57-47(56-40)30-67(52-62-51(66-27-33(3)55-34(4)28-66)61-48-37(35-15-16-35)25-54-68(48)52)26-32(2)49(69)58-42-23-43(46(70-9)24-45(42)64(7)21-20-63(5)6)60-50-53-19-18-39(59-50)38-29-65(8)44-13-11-10-12-36(38)44/h10-14,17-19,22-25,29,33-35,55H,2,15-16,20-21,26-28,30H2,1,3-9H3,(H,56,57)(H,58,69)(H,53,59,60)/t33-,34+. The van der Waals surface area contributed by atoms with E-state index in [0.29, 0.717) is 58.8 Å². The largest absolute Gasteiger partial charge is 0.494 e. The molecule has 6 heterocycles. The molecule has 70 heavy (non-hydrogen) atoms. The predicted octanol–water partition coefficient (Wildman–Crippen LogP) is 7.27. The Morgan fingerprint density at radius 1 is 0.957 bits per heavy atom. The summed E-state index contributed by atoms with van der Waals surface area (Å²) in [6, 6.07) is 20.6. The highest BCUT2D eigenvalue weighted by Crippen LogP contribution is 2.43. The molecule has 0 unspecified atom stereocenters. The molecule has 2 atom stereocenters. The van der Waals surface area contributed by atoms with Gasteiger partial charge in [0.05, 0.1) is 60.2 Å². The third kappa shape index (κ3) is 9.56. The van der Waals surface area contributed by atoms with Gasteiger partial charge in [-0.3, -0.25) is 4.79 Å². The molecule has 4 N–H and O–H groups in total. The van der Waals surface area contributed by atoms with Crippen molar-refractivity contribution in [2.24, 2.45) is 7.05 Å². The van der Waals surface area contributed by atoms with Crippen molar-refractivity contribution in [1.82, 2.24) is 54.3 Å². The fourth-order valence-corrected chi connectivity index (χ4v) is 9.49. The number of nitrogens with zero attached hydrogens (tertiary/aromatic N) is 12. The van der Waals surface area contributed by atoms with Gasteiger partial charge in [0.15, 0.2) is 5.65 Å². The van der Waals surface area contributed by atoms with Crippen LogP contribution in [0.2, 0.25) is 0 Å². The molecule has 1 aliphatic heterocycles. The molecule has 0 bridgehead atoms. The first-order valence-corrected chi connectivity index (χ1v) is 24.0. The maximum atomic E-state index is 14.8. The van der Waals surface area contributed by atoms with Gasteiger partial charge in [0.25, 0.3) is 5.91 Å². The van der Waals surface area contributed by atoms with Crippen LogP contribution in [0.25, 0.3) is 38.8 Å². The first kappa shape index (κ1) is 46.2. The Bertz CT molecular complexity index is 3230. The molecule has 0 spiro atoms. The molecule has 8 aromatic rings. The quantitative estimate of drug-likeness (QED) is 0.0670. The highest BCUT2D eigenvalue weighted by Gasteiger charge is 2.32. The van der Waals surface area contributed by atoms with Gasteiger partial charge in [-0.05, 0) is 89.5 Å². The van der Waals surface area contributed by atoms with E-state index in [0.717, 1.165) is 88.1 Å². The lowest BCUT2D eigenvalue weighted by atomic mass is 10.1. The number of aryl methyl sites for hydroxylation is 2. The Balaban J connectivity index is 0.999. The lowest BCUT2D eigenvalue weighted by molar-refractivity contribution is -0.112. The lowest BCUT2D eigenvalue weighted by Gasteiger charge is -2.36. The van der Waals surface area contributed by atoms with Crippen molar-refractivity contribution in [1.29, 1.82) is 0 Å². The smallest absolute Gasteiger partial charge is 0.252 e. The molecule has 1 saturated heterocycles. The van der Waals surface area contributed by atoms with E-state index in [2.05, 4.69) is 103 Å². The number of ether oxygens (including phenoxy) is 1. The van der Waals surface area contributed by atoms with Gasteiger partial charge in [0.2, 0.25) is 17.8 Å². The number of aromatic nitrogens is 9. The zero-order chi connectivity index (χ0) is 48.8. The maximum absolute atomic E-state index is 14.8. The Morgan fingerprint density at radius 2 is 1.76 bits per heavy atom. The van der Waals surface area contributed by atoms with Gasteiger partial charge in [0, 0.05) is 98.4 Å². The summed E-state index contributed by atoms with van der Waals surface area (Å²) in [6.07, 6.45) is 7.93. The van der Waals surface area contributed by atoms with Gasteiger partial charge >= 0.3 is 0 Å². The molecule has 0 radical (unpaired) electrons. The van der Waals surface area contributed by atoms with Crippen molar-refractivity contribution in [3.05, 3.63) is 108 Å². The van der Waals surface area contributed by atoms with Crippen molar-refractivity contribution in [2.45, 2.75) is 58.2 Å². The number of anilines is 6. The third-order valence-corrected chi connectivity index (χ3v) is 13.2. The number of likely N-dealkylation sites (N-methyl/N-ethyl adjacent to an activating group) is 2. The number of hydrogen-bond donors (Lipinski definition) is 4. The van der Waals surface area contributed by atoms with Gasteiger partial charge in [0.1, 0.15) is 11.6 Å². The fourth-order valence-electron chi connectivity index (χ4n) is 9.49. The number of amides is 1. The molecular formula is C52H62N16O2. The number of para-hydroxylation sites is 1. The van der Waals surface area contributed by atoms with Crippen molar-refractivity contribution in [3.8, 4) is 17.0 Å². The SMILES string of the molecule is C=C(CN(Cc1nc2ccc(C)cc2[nH]1)c1nc(N2C[C@@H](C)N[C@@H](C)C2)nc2c(C3CC3)cnn12)C(=O)Nc1cc(Nc2nccc(-c3cn(C)c4ccccc34)n2)c(OC)cc1N(C)CCN(C)C. The summed E-state index contributed by atoms with van der Waals surface area (Å²) in [4.78, 5) is 51.9. The van der Waals surface area contributed by atoms with E-state index in [1.54, 1.807) is 13.3 Å². The number of benzene rings is 3. The monoisotopic (exact) mass is 943 g/mol. The van der Waals surface area contributed by atoms with E-state index in [1.807, 2.05) is 80.2 Å². The minimum Gasteiger partial charge on any atom is -0.494 e. The summed E-state index contributed by atoms with van der Waals surface area (Å²) in [5.74, 6) is 2.84. The van der Waals surface area contributed by atoms with Gasteiger partial charge in [-0.1, -0.05) is 30.8 Å². The third-order valence-electron chi connectivity index (χ3n) is 13.2. The van der Waals surface area contributed by atoms with Crippen molar-refractivity contribution in [3.63, 3.8) is 0 Å². The number of nitrogens with one attached hydrogen (secondary N) is 4. The van der Waals surface area contributed by atoms with Crippen LogP contribution < -0.4 is 35.4 Å².